The lowest BCUT2D eigenvalue weighted by molar-refractivity contribution is 0.588. The second-order valence-corrected chi connectivity index (χ2v) is 5.29. The Hall–Kier alpha value is -1.99. The van der Waals surface area contributed by atoms with Crippen molar-refractivity contribution < 1.29 is 0 Å². The Morgan fingerprint density at radius 3 is 2.71 bits per heavy atom. The molecule has 0 spiro atoms. The normalized spacial score (nSPS) is 11.0. The molecule has 0 aliphatic heterocycles. The zero-order chi connectivity index (χ0) is 14.7. The van der Waals surface area contributed by atoms with Gasteiger partial charge in [0.2, 0.25) is 0 Å². The quantitative estimate of drug-likeness (QED) is 0.716. The number of hydrogen-bond acceptors (Lipinski definition) is 5. The van der Waals surface area contributed by atoms with Crippen molar-refractivity contribution in [1.82, 2.24) is 35.2 Å². The fourth-order valence-electron chi connectivity index (χ4n) is 1.88. The molecule has 0 radical (unpaired) electrons. The number of rotatable bonds is 5. The van der Waals surface area contributed by atoms with E-state index < -0.39 is 0 Å². The van der Waals surface area contributed by atoms with Crippen molar-refractivity contribution in [3.05, 3.63) is 52.0 Å². The second kappa shape index (κ2) is 6.19. The summed E-state index contributed by atoms with van der Waals surface area (Å²) >= 11 is 11.9. The van der Waals surface area contributed by atoms with Gasteiger partial charge in [-0.05, 0) is 34.5 Å². The van der Waals surface area contributed by atoms with E-state index in [0.717, 1.165) is 17.7 Å². The van der Waals surface area contributed by atoms with E-state index in [4.69, 9.17) is 23.2 Å². The fourth-order valence-corrected chi connectivity index (χ4v) is 2.20. The van der Waals surface area contributed by atoms with Crippen LogP contribution in [0.15, 0.2) is 30.7 Å². The molecule has 0 amide bonds. The molecule has 108 valence electrons. The summed E-state index contributed by atoms with van der Waals surface area (Å²) in [4.78, 5) is 0. The molecule has 0 unspecified atom stereocenters. The molecule has 0 aliphatic carbocycles. The average Bonchev–Trinajstić information content (AvgIpc) is 3.13. The topological polar surface area (TPSA) is 74.3 Å². The minimum Gasteiger partial charge on any atom is -0.252 e. The van der Waals surface area contributed by atoms with Crippen molar-refractivity contribution in [3.8, 4) is 0 Å². The molecule has 0 saturated carbocycles. The number of halogens is 2. The zero-order valence-corrected chi connectivity index (χ0v) is 12.4. The van der Waals surface area contributed by atoms with Crippen LogP contribution < -0.4 is 0 Å². The molecular formula is C12H11Cl2N7. The highest BCUT2D eigenvalue weighted by Crippen LogP contribution is 2.22. The first-order valence-electron chi connectivity index (χ1n) is 6.24. The molecule has 0 aliphatic rings. The molecule has 0 bridgehead atoms. The van der Waals surface area contributed by atoms with E-state index in [-0.39, 0.29) is 0 Å². The summed E-state index contributed by atoms with van der Waals surface area (Å²) in [6, 6.07) is 5.61. The molecule has 3 rings (SSSR count). The van der Waals surface area contributed by atoms with E-state index in [1.807, 2.05) is 18.3 Å². The van der Waals surface area contributed by atoms with Gasteiger partial charge in [-0.1, -0.05) is 34.5 Å². The molecule has 21 heavy (non-hydrogen) atoms. The van der Waals surface area contributed by atoms with E-state index in [1.165, 1.54) is 6.33 Å². The molecule has 1 aromatic carbocycles. The van der Waals surface area contributed by atoms with Crippen LogP contribution >= 0.6 is 23.2 Å². The molecule has 0 N–H and O–H groups in total. The maximum absolute atomic E-state index is 5.99. The van der Waals surface area contributed by atoms with Crippen molar-refractivity contribution in [3.63, 3.8) is 0 Å². The summed E-state index contributed by atoms with van der Waals surface area (Å²) in [5.41, 5.74) is 1.90. The van der Waals surface area contributed by atoms with Crippen molar-refractivity contribution in [1.29, 1.82) is 0 Å². The van der Waals surface area contributed by atoms with Gasteiger partial charge in [-0.25, -0.2) is 4.68 Å². The number of tetrazole rings is 1. The minimum atomic E-state index is 0.500. The lowest BCUT2D eigenvalue weighted by atomic mass is 10.1. The molecule has 9 heteroatoms. The maximum Gasteiger partial charge on any atom is 0.138 e. The maximum atomic E-state index is 5.99. The van der Waals surface area contributed by atoms with E-state index in [2.05, 4.69) is 25.8 Å². The highest BCUT2D eigenvalue weighted by atomic mass is 35.5. The van der Waals surface area contributed by atoms with Crippen LogP contribution in [-0.4, -0.2) is 35.2 Å². The Balaban J connectivity index is 1.60. The van der Waals surface area contributed by atoms with Crippen molar-refractivity contribution >= 4 is 23.2 Å². The van der Waals surface area contributed by atoms with Gasteiger partial charge in [-0.2, -0.15) is 0 Å². The number of aryl methyl sites for hydroxylation is 2. The Kier molecular flexibility index (Phi) is 4.12. The van der Waals surface area contributed by atoms with E-state index in [9.17, 15) is 0 Å². The predicted octanol–water partition coefficient (Wildman–Crippen LogP) is 1.86. The van der Waals surface area contributed by atoms with Crippen LogP contribution in [0.5, 0.6) is 0 Å². The summed E-state index contributed by atoms with van der Waals surface area (Å²) in [6.07, 6.45) is 4.21. The van der Waals surface area contributed by atoms with Gasteiger partial charge in [0.25, 0.3) is 0 Å². The summed E-state index contributed by atoms with van der Waals surface area (Å²) in [6.45, 7) is 1.21. The van der Waals surface area contributed by atoms with Crippen molar-refractivity contribution in [2.45, 2.75) is 19.5 Å². The molecule has 0 fully saturated rings. The first-order valence-corrected chi connectivity index (χ1v) is 7.00. The Bertz CT molecular complexity index is 723. The molecule has 2 aromatic heterocycles. The predicted molar refractivity (Wildman–Crippen MR) is 77.1 cm³/mol. The summed E-state index contributed by atoms with van der Waals surface area (Å²) in [5, 5.41) is 20.2. The standard InChI is InChI=1S/C12H11Cl2N7/c13-11-2-1-9(5-12(11)14)3-4-20-6-10(16-18-20)7-21-8-15-17-19-21/h1-2,5-6,8H,3-4,7H2. The number of benzene rings is 1. The van der Waals surface area contributed by atoms with Gasteiger partial charge in [-0.15, -0.1) is 10.2 Å². The minimum absolute atomic E-state index is 0.500. The third-order valence-electron chi connectivity index (χ3n) is 2.92. The van der Waals surface area contributed by atoms with Gasteiger partial charge in [0.1, 0.15) is 12.0 Å². The van der Waals surface area contributed by atoms with Crippen molar-refractivity contribution in [2.75, 3.05) is 0 Å². The van der Waals surface area contributed by atoms with Crippen LogP contribution in [0.25, 0.3) is 0 Å². The van der Waals surface area contributed by atoms with E-state index in [0.29, 0.717) is 23.1 Å². The number of aromatic nitrogens is 7. The van der Waals surface area contributed by atoms with Gasteiger partial charge in [0, 0.05) is 6.54 Å². The third-order valence-corrected chi connectivity index (χ3v) is 3.65. The summed E-state index contributed by atoms with van der Waals surface area (Å²) < 4.78 is 3.37. The van der Waals surface area contributed by atoms with Crippen LogP contribution in [0.1, 0.15) is 11.3 Å². The monoisotopic (exact) mass is 323 g/mol. The Morgan fingerprint density at radius 1 is 1.05 bits per heavy atom. The molecule has 3 aromatic rings. The van der Waals surface area contributed by atoms with Gasteiger partial charge >= 0.3 is 0 Å². The average molecular weight is 324 g/mol. The van der Waals surface area contributed by atoms with Gasteiger partial charge in [0.15, 0.2) is 0 Å². The van der Waals surface area contributed by atoms with Gasteiger partial charge in [0.05, 0.1) is 22.8 Å². The van der Waals surface area contributed by atoms with Crippen LogP contribution in [0.2, 0.25) is 10.0 Å². The third kappa shape index (κ3) is 3.56. The molecule has 0 saturated heterocycles. The van der Waals surface area contributed by atoms with Crippen LogP contribution in [0.3, 0.4) is 0 Å². The van der Waals surface area contributed by atoms with E-state index in [1.54, 1.807) is 15.4 Å². The summed E-state index contributed by atoms with van der Waals surface area (Å²) in [7, 11) is 0. The molecular weight excluding hydrogens is 313 g/mol. The molecule has 0 atom stereocenters. The molecule has 7 nitrogen and oxygen atoms in total. The van der Waals surface area contributed by atoms with E-state index >= 15 is 0 Å². The second-order valence-electron chi connectivity index (χ2n) is 4.48. The van der Waals surface area contributed by atoms with Crippen LogP contribution in [-0.2, 0) is 19.5 Å². The lowest BCUT2D eigenvalue weighted by Gasteiger charge is -2.03. The number of hydrogen-bond donors (Lipinski definition) is 0. The van der Waals surface area contributed by atoms with Crippen LogP contribution in [0.4, 0.5) is 0 Å². The molecule has 2 heterocycles. The first kappa shape index (κ1) is 14.0. The van der Waals surface area contributed by atoms with Gasteiger partial charge in [-0.3, -0.25) is 4.68 Å². The van der Waals surface area contributed by atoms with Crippen LogP contribution in [0, 0.1) is 0 Å². The largest absolute Gasteiger partial charge is 0.252 e. The highest BCUT2D eigenvalue weighted by molar-refractivity contribution is 6.42. The van der Waals surface area contributed by atoms with Gasteiger partial charge < -0.3 is 0 Å². The SMILES string of the molecule is Clc1ccc(CCn2cc(Cn3cnnn3)nn2)cc1Cl. The zero-order valence-electron chi connectivity index (χ0n) is 10.9. The summed E-state index contributed by atoms with van der Waals surface area (Å²) in [5.74, 6) is 0. The smallest absolute Gasteiger partial charge is 0.138 e. The Labute approximate surface area is 130 Å². The fraction of sp³-hybridized carbons (Fsp3) is 0.250. The van der Waals surface area contributed by atoms with Crippen molar-refractivity contribution in [2.24, 2.45) is 0 Å². The highest BCUT2D eigenvalue weighted by Gasteiger charge is 2.04. The lowest BCUT2D eigenvalue weighted by Crippen LogP contribution is -2.02. The number of nitrogens with zero attached hydrogens (tertiary/aromatic N) is 7. The Morgan fingerprint density at radius 2 is 1.95 bits per heavy atom. The first-order chi connectivity index (χ1) is 10.2.